The second-order valence-corrected chi connectivity index (χ2v) is 10.6. The zero-order chi connectivity index (χ0) is 27.6. The van der Waals surface area contributed by atoms with E-state index in [9.17, 15) is 0 Å². The minimum absolute atomic E-state index is 0.0942. The standard InChI is InChI=1S/C32H39ClN2O5/c1-36-16-3-14-35-15-17-39-31-11-6-24(20-30(31)35)23-40-32-22-34-13-12-29(32)25-7-9-27(10-8-25)37-18-19-38-28-5-2-4-26(33)21-28/h2,4-11,20-21,29,32,34H,3,12-19,22-23H2,1H3. The fraction of sp³-hybridized carbons (Fsp3) is 0.438. The number of ether oxygens (including phenoxy) is 5. The molecule has 0 radical (unpaired) electrons. The third-order valence-corrected chi connectivity index (χ3v) is 7.61. The molecule has 40 heavy (non-hydrogen) atoms. The average molecular weight is 567 g/mol. The lowest BCUT2D eigenvalue weighted by Crippen LogP contribution is -2.41. The van der Waals surface area contributed by atoms with Gasteiger partial charge in [0.25, 0.3) is 0 Å². The van der Waals surface area contributed by atoms with Gasteiger partial charge in [0.2, 0.25) is 0 Å². The molecule has 1 saturated heterocycles. The van der Waals surface area contributed by atoms with Gasteiger partial charge in [0, 0.05) is 37.7 Å². The molecule has 2 heterocycles. The van der Waals surface area contributed by atoms with Gasteiger partial charge in [0.15, 0.2) is 0 Å². The number of methoxy groups -OCH3 is 1. The Balaban J connectivity index is 1.14. The van der Waals surface area contributed by atoms with Crippen molar-refractivity contribution in [1.82, 2.24) is 5.32 Å². The van der Waals surface area contributed by atoms with Gasteiger partial charge < -0.3 is 33.9 Å². The monoisotopic (exact) mass is 566 g/mol. The van der Waals surface area contributed by atoms with Gasteiger partial charge in [-0.15, -0.1) is 0 Å². The van der Waals surface area contributed by atoms with Crippen molar-refractivity contribution in [3.05, 3.63) is 82.9 Å². The number of hydrogen-bond donors (Lipinski definition) is 1. The van der Waals surface area contributed by atoms with Crippen LogP contribution in [0.15, 0.2) is 66.7 Å². The summed E-state index contributed by atoms with van der Waals surface area (Å²) in [6.45, 7) is 6.62. The number of benzene rings is 3. The number of rotatable bonds is 13. The van der Waals surface area contributed by atoms with E-state index in [1.54, 1.807) is 13.2 Å². The third kappa shape index (κ3) is 7.82. The second kappa shape index (κ2) is 14.6. The summed E-state index contributed by atoms with van der Waals surface area (Å²) in [5.41, 5.74) is 3.58. The lowest BCUT2D eigenvalue weighted by molar-refractivity contribution is 0.0106. The van der Waals surface area contributed by atoms with Crippen LogP contribution in [0.4, 0.5) is 5.69 Å². The maximum atomic E-state index is 6.52. The highest BCUT2D eigenvalue weighted by Gasteiger charge is 2.27. The van der Waals surface area contributed by atoms with Crippen LogP contribution >= 0.6 is 11.6 Å². The van der Waals surface area contributed by atoms with Crippen molar-refractivity contribution < 1.29 is 23.7 Å². The van der Waals surface area contributed by atoms with Gasteiger partial charge in [-0.25, -0.2) is 0 Å². The number of nitrogens with zero attached hydrogens (tertiary/aromatic N) is 1. The number of halogens is 1. The Hall–Kier alpha value is -2.97. The first-order chi connectivity index (χ1) is 19.7. The zero-order valence-electron chi connectivity index (χ0n) is 23.2. The summed E-state index contributed by atoms with van der Waals surface area (Å²) < 4.78 is 29.3. The molecule has 3 aromatic rings. The Labute approximate surface area is 242 Å². The smallest absolute Gasteiger partial charge is 0.142 e. The number of piperidine rings is 1. The van der Waals surface area contributed by atoms with E-state index in [1.165, 1.54) is 5.56 Å². The van der Waals surface area contributed by atoms with Crippen LogP contribution in [0.5, 0.6) is 17.2 Å². The van der Waals surface area contributed by atoms with Crippen molar-refractivity contribution >= 4 is 17.3 Å². The topological polar surface area (TPSA) is 61.4 Å². The van der Waals surface area contributed by atoms with E-state index in [2.05, 4.69) is 40.5 Å². The summed E-state index contributed by atoms with van der Waals surface area (Å²) in [4.78, 5) is 2.39. The molecule has 1 N–H and O–H groups in total. The Morgan fingerprint density at radius 2 is 1.82 bits per heavy atom. The molecular formula is C32H39ClN2O5. The van der Waals surface area contributed by atoms with E-state index >= 15 is 0 Å². The Morgan fingerprint density at radius 3 is 2.65 bits per heavy atom. The molecule has 1 fully saturated rings. The highest BCUT2D eigenvalue weighted by atomic mass is 35.5. The molecule has 0 amide bonds. The molecule has 7 nitrogen and oxygen atoms in total. The van der Waals surface area contributed by atoms with Crippen molar-refractivity contribution in [2.24, 2.45) is 0 Å². The molecule has 2 aliphatic heterocycles. The lowest BCUT2D eigenvalue weighted by Gasteiger charge is -2.33. The molecule has 2 atom stereocenters. The predicted molar refractivity (Wildman–Crippen MR) is 158 cm³/mol. The highest BCUT2D eigenvalue weighted by molar-refractivity contribution is 6.30. The molecule has 8 heteroatoms. The normalized spacial score (nSPS) is 18.6. The van der Waals surface area contributed by atoms with Gasteiger partial charge >= 0.3 is 0 Å². The molecule has 0 aliphatic carbocycles. The molecule has 0 saturated carbocycles. The van der Waals surface area contributed by atoms with Crippen LogP contribution in [-0.4, -0.2) is 65.8 Å². The van der Waals surface area contributed by atoms with E-state index in [0.29, 0.717) is 37.4 Å². The van der Waals surface area contributed by atoms with E-state index in [1.807, 2.05) is 30.3 Å². The van der Waals surface area contributed by atoms with Crippen molar-refractivity contribution in [3.63, 3.8) is 0 Å². The minimum Gasteiger partial charge on any atom is -0.490 e. The summed E-state index contributed by atoms with van der Waals surface area (Å²) in [6, 6.07) is 22.2. The van der Waals surface area contributed by atoms with E-state index in [4.69, 9.17) is 35.3 Å². The van der Waals surface area contributed by atoms with Crippen molar-refractivity contribution in [2.75, 3.05) is 64.6 Å². The van der Waals surface area contributed by atoms with Crippen LogP contribution in [0.25, 0.3) is 0 Å². The Bertz CT molecular complexity index is 1210. The molecular weight excluding hydrogens is 528 g/mol. The fourth-order valence-electron chi connectivity index (χ4n) is 5.32. The Morgan fingerprint density at radius 1 is 0.975 bits per heavy atom. The van der Waals surface area contributed by atoms with Gasteiger partial charge in [0.05, 0.1) is 24.9 Å². The SMILES string of the molecule is COCCCN1CCOc2ccc(COC3CNCCC3c3ccc(OCCOc4cccc(Cl)c4)cc3)cc21. The van der Waals surface area contributed by atoms with E-state index in [-0.39, 0.29) is 6.10 Å². The summed E-state index contributed by atoms with van der Waals surface area (Å²) in [5, 5.41) is 4.17. The zero-order valence-corrected chi connectivity index (χ0v) is 23.9. The largest absolute Gasteiger partial charge is 0.490 e. The van der Waals surface area contributed by atoms with Crippen LogP contribution in [0.2, 0.25) is 5.02 Å². The molecule has 2 aliphatic rings. The van der Waals surface area contributed by atoms with Gasteiger partial charge in [-0.2, -0.15) is 0 Å². The van der Waals surface area contributed by atoms with Crippen LogP contribution in [-0.2, 0) is 16.1 Å². The highest BCUT2D eigenvalue weighted by Crippen LogP contribution is 2.34. The molecule has 5 rings (SSSR count). The summed E-state index contributed by atoms with van der Waals surface area (Å²) >= 11 is 6.01. The molecule has 3 aromatic carbocycles. The van der Waals surface area contributed by atoms with Gasteiger partial charge in [-0.3, -0.25) is 0 Å². The number of nitrogens with one attached hydrogen (secondary N) is 1. The first-order valence-electron chi connectivity index (χ1n) is 14.1. The predicted octanol–water partition coefficient (Wildman–Crippen LogP) is 5.70. The number of anilines is 1. The van der Waals surface area contributed by atoms with E-state index < -0.39 is 0 Å². The van der Waals surface area contributed by atoms with Crippen LogP contribution in [0.1, 0.15) is 29.9 Å². The van der Waals surface area contributed by atoms with Crippen LogP contribution in [0.3, 0.4) is 0 Å². The summed E-state index contributed by atoms with van der Waals surface area (Å²) in [7, 11) is 1.75. The van der Waals surface area contributed by atoms with Gasteiger partial charge in [-0.1, -0.05) is 35.9 Å². The summed E-state index contributed by atoms with van der Waals surface area (Å²) in [5.74, 6) is 2.85. The quantitative estimate of drug-likeness (QED) is 0.266. The minimum atomic E-state index is 0.0942. The maximum absolute atomic E-state index is 6.52. The molecule has 2 unspecified atom stereocenters. The third-order valence-electron chi connectivity index (χ3n) is 7.37. The van der Waals surface area contributed by atoms with Gasteiger partial charge in [-0.05, 0) is 73.0 Å². The van der Waals surface area contributed by atoms with Crippen LogP contribution < -0.4 is 24.4 Å². The fourth-order valence-corrected chi connectivity index (χ4v) is 5.50. The summed E-state index contributed by atoms with van der Waals surface area (Å²) in [6.07, 6.45) is 2.12. The second-order valence-electron chi connectivity index (χ2n) is 10.2. The maximum Gasteiger partial charge on any atom is 0.142 e. The lowest BCUT2D eigenvalue weighted by atomic mass is 9.87. The van der Waals surface area contributed by atoms with Gasteiger partial charge in [0.1, 0.15) is 37.1 Å². The molecule has 0 spiro atoms. The van der Waals surface area contributed by atoms with E-state index in [0.717, 1.165) is 74.1 Å². The van der Waals surface area contributed by atoms with Crippen LogP contribution in [0, 0.1) is 0 Å². The number of fused-ring (bicyclic) bond motifs is 1. The Kier molecular flexibility index (Phi) is 10.4. The molecule has 0 bridgehead atoms. The van der Waals surface area contributed by atoms with Crippen molar-refractivity contribution in [2.45, 2.75) is 31.5 Å². The first kappa shape index (κ1) is 28.6. The number of hydrogen-bond acceptors (Lipinski definition) is 7. The van der Waals surface area contributed by atoms with Crippen molar-refractivity contribution in [3.8, 4) is 17.2 Å². The average Bonchev–Trinajstić information content (AvgIpc) is 2.99. The first-order valence-corrected chi connectivity index (χ1v) is 14.5. The molecule has 0 aromatic heterocycles. The molecule has 214 valence electrons. The van der Waals surface area contributed by atoms with Crippen molar-refractivity contribution in [1.29, 1.82) is 0 Å².